The van der Waals surface area contributed by atoms with Crippen LogP contribution in [0.15, 0.2) is 42.5 Å². The Morgan fingerprint density at radius 3 is 2.26 bits per heavy atom. The number of thioether (sulfide) groups is 1. The van der Waals surface area contributed by atoms with Gasteiger partial charge in [-0.2, -0.15) is 16.6 Å². The van der Waals surface area contributed by atoms with E-state index in [2.05, 4.69) is 18.4 Å². The van der Waals surface area contributed by atoms with E-state index in [-0.39, 0.29) is 23.6 Å². The Balaban J connectivity index is 1.26. The molecule has 0 spiro atoms. The first kappa shape index (κ1) is 34.0. The molecule has 8 heteroatoms. The van der Waals surface area contributed by atoms with E-state index in [9.17, 15) is 19.5 Å². The van der Waals surface area contributed by atoms with E-state index < -0.39 is 12.0 Å². The smallest absolute Gasteiger partial charge is 0.480 e. The van der Waals surface area contributed by atoms with Crippen molar-refractivity contribution >= 4 is 29.7 Å². The number of aliphatic carboxylic acids is 1. The highest BCUT2D eigenvalue weighted by Gasteiger charge is 2.56. The predicted molar refractivity (Wildman–Crippen MR) is 188 cm³/mol. The summed E-state index contributed by atoms with van der Waals surface area (Å²) in [7, 11) is 2.11. The highest BCUT2D eigenvalue weighted by molar-refractivity contribution is 7.98. The molecular formula is C39H53N2O5S+. The van der Waals surface area contributed by atoms with E-state index in [1.807, 2.05) is 49.6 Å². The van der Waals surface area contributed by atoms with Crippen LogP contribution < -0.4 is 5.32 Å². The highest BCUT2D eigenvalue weighted by atomic mass is 32.2. The fourth-order valence-corrected chi connectivity index (χ4v) is 10.1. The van der Waals surface area contributed by atoms with E-state index in [0.717, 1.165) is 85.0 Å². The first-order valence-corrected chi connectivity index (χ1v) is 19.3. The van der Waals surface area contributed by atoms with E-state index in [4.69, 9.17) is 4.74 Å². The Hall–Kier alpha value is -2.84. The van der Waals surface area contributed by atoms with Gasteiger partial charge in [-0.1, -0.05) is 42.8 Å². The summed E-state index contributed by atoms with van der Waals surface area (Å²) in [6, 6.07) is 13.2. The minimum Gasteiger partial charge on any atom is -0.480 e. The molecule has 1 unspecified atom stereocenters. The number of likely N-dealkylation sites (N-methyl/N-ethyl adjacent to an activating group) is 1. The average Bonchev–Trinajstić information content (AvgIpc) is 3.05. The molecule has 5 aliphatic rings. The van der Waals surface area contributed by atoms with Gasteiger partial charge in [0.05, 0.1) is 19.6 Å². The Kier molecular flexibility index (Phi) is 10.4. The number of quaternary nitrogens is 1. The Morgan fingerprint density at radius 2 is 1.64 bits per heavy atom. The third kappa shape index (κ3) is 7.44. The molecule has 0 aromatic heterocycles. The number of carbonyl (C=O) groups excluding carboxylic acids is 2. The lowest BCUT2D eigenvalue weighted by Gasteiger charge is -2.56. The number of hydrogen-bond acceptors (Lipinski definition) is 5. The molecule has 2 N–H and O–H groups in total. The molecule has 0 saturated heterocycles. The number of hydrogen-bond donors (Lipinski definition) is 2. The number of nitrogens with one attached hydrogen (secondary N) is 1. The number of carboxylic acids is 1. The zero-order valence-electron chi connectivity index (χ0n) is 28.5. The SMILES string of the molecule is CSCC[C@H](NC(=O)c1ccc(CC[N+](C)(C(=O)OC23CC4CC(CC(C4)C2)C3)C2CCCCC2)cc1-c1ccccc1C)C(=O)O. The lowest BCUT2D eigenvalue weighted by Crippen LogP contribution is -2.62. The third-order valence-corrected chi connectivity index (χ3v) is 12.6. The van der Waals surface area contributed by atoms with Crippen molar-refractivity contribution in [3.63, 3.8) is 0 Å². The van der Waals surface area contributed by atoms with Crippen molar-refractivity contribution in [2.45, 2.75) is 108 Å². The predicted octanol–water partition coefficient (Wildman–Crippen LogP) is 8.03. The number of benzene rings is 2. The van der Waals surface area contributed by atoms with Crippen LogP contribution in [0, 0.1) is 24.7 Å². The molecule has 0 aliphatic heterocycles. The molecule has 5 saturated carbocycles. The minimum atomic E-state index is -1.03. The van der Waals surface area contributed by atoms with Crippen LogP contribution in [0.4, 0.5) is 4.79 Å². The number of ether oxygens (including phenoxy) is 1. The second-order valence-electron chi connectivity index (χ2n) is 15.3. The molecule has 2 aromatic carbocycles. The van der Waals surface area contributed by atoms with Crippen LogP contribution in [0.5, 0.6) is 0 Å². The maximum atomic E-state index is 14.4. The summed E-state index contributed by atoms with van der Waals surface area (Å²) in [6.07, 6.45) is 15.6. The van der Waals surface area contributed by atoms with Gasteiger partial charge in [0, 0.05) is 24.8 Å². The Morgan fingerprint density at radius 1 is 0.979 bits per heavy atom. The largest absolute Gasteiger partial charge is 0.516 e. The fourth-order valence-electron chi connectivity index (χ4n) is 9.65. The summed E-state index contributed by atoms with van der Waals surface area (Å²) in [6.45, 7) is 2.67. The number of nitrogens with zero attached hydrogens (tertiary/aromatic N) is 1. The van der Waals surface area contributed by atoms with Gasteiger partial charge in [0.2, 0.25) is 0 Å². The number of amides is 2. The second kappa shape index (κ2) is 14.3. The Bertz CT molecular complexity index is 1430. The van der Waals surface area contributed by atoms with Gasteiger partial charge >= 0.3 is 12.1 Å². The van der Waals surface area contributed by atoms with Gasteiger partial charge < -0.3 is 15.2 Å². The van der Waals surface area contributed by atoms with Crippen molar-refractivity contribution < 1.29 is 28.7 Å². The molecule has 2 amide bonds. The first-order chi connectivity index (χ1) is 22.6. The van der Waals surface area contributed by atoms with Crippen molar-refractivity contribution in [3.8, 4) is 11.1 Å². The van der Waals surface area contributed by atoms with Crippen LogP contribution in [0.2, 0.25) is 0 Å². The maximum Gasteiger partial charge on any atom is 0.516 e. The van der Waals surface area contributed by atoms with E-state index in [1.54, 1.807) is 11.8 Å². The Labute approximate surface area is 284 Å². The number of carbonyl (C=O) groups is 3. The van der Waals surface area contributed by atoms with Crippen LogP contribution >= 0.6 is 11.8 Å². The molecule has 47 heavy (non-hydrogen) atoms. The molecule has 5 aliphatic carbocycles. The van der Waals surface area contributed by atoms with Gasteiger partial charge in [0.1, 0.15) is 11.6 Å². The normalized spacial score (nSPS) is 27.2. The molecule has 4 bridgehead atoms. The van der Waals surface area contributed by atoms with Crippen LogP contribution in [0.3, 0.4) is 0 Å². The van der Waals surface area contributed by atoms with Crippen LogP contribution in [0.25, 0.3) is 11.1 Å². The quantitative estimate of drug-likeness (QED) is 0.224. The molecule has 2 aromatic rings. The zero-order valence-corrected chi connectivity index (χ0v) is 29.3. The van der Waals surface area contributed by atoms with Crippen molar-refractivity contribution in [2.75, 3.05) is 25.6 Å². The molecule has 5 fully saturated rings. The number of rotatable bonds is 12. The van der Waals surface area contributed by atoms with Gasteiger partial charge in [0.25, 0.3) is 5.91 Å². The number of carboxylic acid groups (broad SMARTS) is 1. The van der Waals surface area contributed by atoms with Crippen LogP contribution in [-0.2, 0) is 16.0 Å². The van der Waals surface area contributed by atoms with Gasteiger partial charge in [0.15, 0.2) is 0 Å². The highest BCUT2D eigenvalue weighted by Crippen LogP contribution is 2.57. The molecular weight excluding hydrogens is 609 g/mol. The topological polar surface area (TPSA) is 92.7 Å². The summed E-state index contributed by atoms with van der Waals surface area (Å²) < 4.78 is 7.04. The van der Waals surface area contributed by atoms with E-state index in [1.165, 1.54) is 25.7 Å². The van der Waals surface area contributed by atoms with Crippen molar-refractivity contribution in [1.29, 1.82) is 0 Å². The average molecular weight is 662 g/mol. The summed E-state index contributed by atoms with van der Waals surface area (Å²) >= 11 is 1.56. The summed E-state index contributed by atoms with van der Waals surface area (Å²) in [5.74, 6) is 1.38. The number of aryl methyl sites for hydroxylation is 1. The lowest BCUT2D eigenvalue weighted by atomic mass is 9.54. The molecule has 7 nitrogen and oxygen atoms in total. The maximum absolute atomic E-state index is 14.4. The monoisotopic (exact) mass is 661 g/mol. The van der Waals surface area contributed by atoms with Gasteiger partial charge in [-0.3, -0.25) is 4.79 Å². The minimum absolute atomic E-state index is 0.0427. The van der Waals surface area contributed by atoms with E-state index >= 15 is 0 Å². The zero-order chi connectivity index (χ0) is 33.2. The van der Waals surface area contributed by atoms with Crippen molar-refractivity contribution in [2.24, 2.45) is 17.8 Å². The van der Waals surface area contributed by atoms with E-state index in [0.29, 0.717) is 35.2 Å². The summed E-state index contributed by atoms with van der Waals surface area (Å²) in [5, 5.41) is 12.5. The third-order valence-electron chi connectivity index (χ3n) is 11.9. The standard InChI is InChI=1S/C39H52N2O5S/c1-26-9-7-8-12-32(26)34-22-27(13-14-33(34)36(42)40-35(37(43)44)16-18-47-3)15-17-41(2,31-10-5-4-6-11-31)38(45)46-39-23-28-19-29(24-39)21-30(20-28)25-39/h7-9,12-14,22,28-31,35H,4-6,10-11,15-21,23-25H2,1-3H3,(H-,40,42,43,44)/p+1/t28?,29?,30?,35-,39?,41?/m0/s1. The molecule has 0 heterocycles. The van der Waals surface area contributed by atoms with Gasteiger partial charge in [-0.15, -0.1) is 0 Å². The second-order valence-corrected chi connectivity index (χ2v) is 16.3. The molecule has 7 rings (SSSR count). The van der Waals surface area contributed by atoms with Gasteiger partial charge in [-0.05, 0) is 123 Å². The molecule has 0 radical (unpaired) electrons. The van der Waals surface area contributed by atoms with Crippen LogP contribution in [-0.4, -0.2) is 70.8 Å². The van der Waals surface area contributed by atoms with Crippen molar-refractivity contribution in [3.05, 3.63) is 59.2 Å². The molecule has 2 atom stereocenters. The van der Waals surface area contributed by atoms with Crippen LogP contribution in [0.1, 0.15) is 98.5 Å². The summed E-state index contributed by atoms with van der Waals surface area (Å²) in [5.41, 5.74) is 4.02. The van der Waals surface area contributed by atoms with Crippen molar-refractivity contribution in [1.82, 2.24) is 5.32 Å². The lowest BCUT2D eigenvalue weighted by molar-refractivity contribution is -0.866. The fraction of sp³-hybridized carbons (Fsp3) is 0.615. The first-order valence-electron chi connectivity index (χ1n) is 17.9. The van der Waals surface area contributed by atoms with Gasteiger partial charge in [-0.25, -0.2) is 9.28 Å². The molecule has 254 valence electrons. The summed E-state index contributed by atoms with van der Waals surface area (Å²) in [4.78, 5) is 40.0.